The first-order chi connectivity index (χ1) is 7.41. The van der Waals surface area contributed by atoms with E-state index in [1.807, 2.05) is 0 Å². The van der Waals surface area contributed by atoms with Crippen molar-refractivity contribution >= 4 is 11.6 Å². The lowest BCUT2D eigenvalue weighted by atomic mass is 10.1. The fraction of sp³-hybridized carbons (Fsp3) is 0.857. The largest absolute Gasteiger partial charge is 0.127 e. The van der Waals surface area contributed by atoms with Crippen LogP contribution in [0.2, 0.25) is 0 Å². The van der Waals surface area contributed by atoms with Gasteiger partial charge in [0.25, 0.3) is 0 Å². The summed E-state index contributed by atoms with van der Waals surface area (Å²) in [7, 11) is 0. The lowest BCUT2D eigenvalue weighted by Gasteiger charge is -2.00. The molecule has 0 unspecified atom stereocenters. The molecule has 0 bridgehead atoms. The summed E-state index contributed by atoms with van der Waals surface area (Å²) in [5, 5.41) is 0. The number of rotatable bonds is 11. The lowest BCUT2D eigenvalue weighted by Crippen LogP contribution is -1.81. The zero-order chi connectivity index (χ0) is 11.2. The maximum atomic E-state index is 5.62. The minimum Gasteiger partial charge on any atom is -0.127 e. The Bertz CT molecular complexity index is 129. The van der Waals surface area contributed by atoms with E-state index in [0.717, 1.165) is 5.88 Å². The first kappa shape index (κ1) is 15.0. The van der Waals surface area contributed by atoms with E-state index in [1.165, 1.54) is 64.2 Å². The van der Waals surface area contributed by atoms with Crippen molar-refractivity contribution in [2.75, 3.05) is 5.88 Å². The van der Waals surface area contributed by atoms with E-state index in [0.29, 0.717) is 0 Å². The van der Waals surface area contributed by atoms with Crippen LogP contribution in [0.15, 0.2) is 12.2 Å². The van der Waals surface area contributed by atoms with Crippen molar-refractivity contribution in [1.82, 2.24) is 0 Å². The molecule has 0 fully saturated rings. The van der Waals surface area contributed by atoms with Crippen LogP contribution in [0.25, 0.3) is 0 Å². The number of hydrogen-bond donors (Lipinski definition) is 0. The summed E-state index contributed by atoms with van der Waals surface area (Å²) in [5.41, 5.74) is 0. The lowest BCUT2D eigenvalue weighted by molar-refractivity contribution is 0.578. The van der Waals surface area contributed by atoms with Gasteiger partial charge in [-0.25, -0.2) is 0 Å². The molecule has 0 radical (unpaired) electrons. The van der Waals surface area contributed by atoms with Crippen LogP contribution < -0.4 is 0 Å². The van der Waals surface area contributed by atoms with Crippen molar-refractivity contribution in [3.05, 3.63) is 12.2 Å². The van der Waals surface area contributed by atoms with E-state index in [9.17, 15) is 0 Å². The van der Waals surface area contributed by atoms with Gasteiger partial charge in [-0.2, -0.15) is 0 Å². The maximum absolute atomic E-state index is 5.62. The van der Waals surface area contributed by atoms with E-state index in [1.54, 1.807) is 0 Å². The predicted octanol–water partition coefficient (Wildman–Crippen LogP) is 5.70. The third kappa shape index (κ3) is 14.0. The van der Waals surface area contributed by atoms with Crippen LogP contribution in [0.1, 0.15) is 71.1 Å². The second kappa shape index (κ2) is 14.0. The second-order valence-corrected chi connectivity index (χ2v) is 4.56. The average molecular weight is 231 g/mol. The molecule has 0 aromatic heterocycles. The molecule has 0 spiro atoms. The zero-order valence-corrected chi connectivity index (χ0v) is 11.1. The molecule has 0 aliphatic carbocycles. The maximum Gasteiger partial charge on any atom is 0.0223 e. The summed E-state index contributed by atoms with van der Waals surface area (Å²) in [6.45, 7) is 2.19. The van der Waals surface area contributed by atoms with Crippen LogP contribution in [-0.4, -0.2) is 5.88 Å². The molecular formula is C14H27Cl. The molecule has 0 N–H and O–H groups in total. The van der Waals surface area contributed by atoms with Crippen LogP contribution in [0.3, 0.4) is 0 Å². The van der Waals surface area contributed by atoms with Gasteiger partial charge >= 0.3 is 0 Å². The predicted molar refractivity (Wildman–Crippen MR) is 71.7 cm³/mol. The summed E-state index contributed by atoms with van der Waals surface area (Å²) in [5.74, 6) is 0.837. The number of unbranched alkanes of at least 4 members (excludes halogenated alkanes) is 8. The Morgan fingerprint density at radius 1 is 0.733 bits per heavy atom. The van der Waals surface area contributed by atoms with Gasteiger partial charge in [0, 0.05) is 5.88 Å². The number of allylic oxidation sites excluding steroid dienone is 2. The molecular weight excluding hydrogens is 204 g/mol. The van der Waals surface area contributed by atoms with Gasteiger partial charge in [-0.15, -0.1) is 11.6 Å². The Morgan fingerprint density at radius 3 is 1.80 bits per heavy atom. The molecule has 0 nitrogen and oxygen atoms in total. The van der Waals surface area contributed by atoms with Crippen LogP contribution in [-0.2, 0) is 0 Å². The van der Waals surface area contributed by atoms with Crippen molar-refractivity contribution < 1.29 is 0 Å². The van der Waals surface area contributed by atoms with Crippen LogP contribution in [0.5, 0.6) is 0 Å². The SMILES string of the molecule is CC/C=C/CCCCCCCCCCCl. The molecule has 0 heterocycles. The topological polar surface area (TPSA) is 0 Å². The molecule has 90 valence electrons. The molecule has 0 saturated carbocycles. The normalized spacial score (nSPS) is 11.3. The third-order valence-electron chi connectivity index (χ3n) is 2.66. The number of halogens is 1. The first-order valence-electron chi connectivity index (χ1n) is 6.62. The van der Waals surface area contributed by atoms with Crippen LogP contribution in [0.4, 0.5) is 0 Å². The molecule has 0 saturated heterocycles. The molecule has 0 amide bonds. The molecule has 1 heteroatoms. The van der Waals surface area contributed by atoms with Gasteiger partial charge in [0.15, 0.2) is 0 Å². The summed E-state index contributed by atoms with van der Waals surface area (Å²) in [4.78, 5) is 0. The van der Waals surface area contributed by atoms with Gasteiger partial charge in [-0.1, -0.05) is 57.6 Å². The monoisotopic (exact) mass is 230 g/mol. The fourth-order valence-corrected chi connectivity index (χ4v) is 1.89. The van der Waals surface area contributed by atoms with Gasteiger partial charge in [0.05, 0.1) is 0 Å². The van der Waals surface area contributed by atoms with E-state index >= 15 is 0 Å². The molecule has 0 aliphatic rings. The Balaban J connectivity index is 2.89. The highest BCUT2D eigenvalue weighted by Gasteiger charge is 1.91. The van der Waals surface area contributed by atoms with Gasteiger partial charge < -0.3 is 0 Å². The smallest absolute Gasteiger partial charge is 0.0223 e. The van der Waals surface area contributed by atoms with E-state index < -0.39 is 0 Å². The zero-order valence-electron chi connectivity index (χ0n) is 10.3. The molecule has 15 heavy (non-hydrogen) atoms. The molecule has 0 atom stereocenters. The van der Waals surface area contributed by atoms with Crippen molar-refractivity contribution in [3.63, 3.8) is 0 Å². The van der Waals surface area contributed by atoms with Gasteiger partial charge in [0.2, 0.25) is 0 Å². The van der Waals surface area contributed by atoms with Gasteiger partial charge in [-0.05, 0) is 25.7 Å². The Kier molecular flexibility index (Phi) is 14.1. The third-order valence-corrected chi connectivity index (χ3v) is 2.92. The highest BCUT2D eigenvalue weighted by atomic mass is 35.5. The van der Waals surface area contributed by atoms with Crippen molar-refractivity contribution in [2.45, 2.75) is 71.1 Å². The second-order valence-electron chi connectivity index (χ2n) is 4.19. The van der Waals surface area contributed by atoms with Crippen molar-refractivity contribution in [1.29, 1.82) is 0 Å². The standard InChI is InChI=1S/C14H27Cl/c1-2-3-4-5-6-7-8-9-10-11-12-13-14-15/h3-4H,2,5-14H2,1H3/b4-3+. The van der Waals surface area contributed by atoms with Crippen LogP contribution in [0, 0.1) is 0 Å². The number of alkyl halides is 1. The highest BCUT2D eigenvalue weighted by molar-refractivity contribution is 6.17. The van der Waals surface area contributed by atoms with E-state index in [4.69, 9.17) is 11.6 Å². The van der Waals surface area contributed by atoms with Crippen molar-refractivity contribution in [3.8, 4) is 0 Å². The highest BCUT2D eigenvalue weighted by Crippen LogP contribution is 2.10. The minimum absolute atomic E-state index is 0.837. The summed E-state index contributed by atoms with van der Waals surface area (Å²) >= 11 is 5.62. The van der Waals surface area contributed by atoms with E-state index in [-0.39, 0.29) is 0 Å². The van der Waals surface area contributed by atoms with Crippen LogP contribution >= 0.6 is 11.6 Å². The summed E-state index contributed by atoms with van der Waals surface area (Å²) in [6.07, 6.45) is 18.0. The Labute approximate surface area is 101 Å². The Morgan fingerprint density at radius 2 is 1.27 bits per heavy atom. The van der Waals surface area contributed by atoms with Crippen molar-refractivity contribution in [2.24, 2.45) is 0 Å². The molecule has 0 aromatic carbocycles. The Hall–Kier alpha value is 0.0300. The summed E-state index contributed by atoms with van der Waals surface area (Å²) in [6, 6.07) is 0. The van der Waals surface area contributed by atoms with Gasteiger partial charge in [-0.3, -0.25) is 0 Å². The molecule has 0 aliphatic heterocycles. The minimum atomic E-state index is 0.837. The fourth-order valence-electron chi connectivity index (χ4n) is 1.70. The first-order valence-corrected chi connectivity index (χ1v) is 7.16. The quantitative estimate of drug-likeness (QED) is 0.243. The average Bonchev–Trinajstić information content (AvgIpc) is 2.26. The van der Waals surface area contributed by atoms with Gasteiger partial charge in [0.1, 0.15) is 0 Å². The molecule has 0 rings (SSSR count). The van der Waals surface area contributed by atoms with E-state index in [2.05, 4.69) is 19.1 Å². The molecule has 0 aromatic rings. The number of hydrogen-bond acceptors (Lipinski definition) is 0. The summed E-state index contributed by atoms with van der Waals surface area (Å²) < 4.78 is 0.